The Morgan fingerprint density at radius 3 is 2.42 bits per heavy atom. The van der Waals surface area contributed by atoms with Crippen LogP contribution in [-0.4, -0.2) is 21.5 Å². The molecule has 0 spiro atoms. The van der Waals surface area contributed by atoms with E-state index in [1.54, 1.807) is 0 Å². The Balaban J connectivity index is 1.52. The number of rotatable bonds is 4. The molecule has 0 aliphatic carbocycles. The Labute approximate surface area is 216 Å². The fraction of sp³-hybridized carbons (Fsp3) is 0.241. The molecule has 0 saturated carbocycles. The summed E-state index contributed by atoms with van der Waals surface area (Å²) in [6.45, 7) is 8.87. The largest absolute Gasteiger partial charge is 0.454 e. The van der Waals surface area contributed by atoms with E-state index in [2.05, 4.69) is 72.8 Å². The van der Waals surface area contributed by atoms with Crippen molar-refractivity contribution in [1.82, 2.24) is 14.9 Å². The van der Waals surface area contributed by atoms with Crippen molar-refractivity contribution >= 4 is 23.0 Å². The third-order valence-corrected chi connectivity index (χ3v) is 7.30. The van der Waals surface area contributed by atoms with Crippen LogP contribution in [0, 0.1) is 27.7 Å². The van der Waals surface area contributed by atoms with E-state index in [9.17, 15) is 0 Å². The Bertz CT molecular complexity index is 1460. The molecule has 1 N–H and O–H groups in total. The van der Waals surface area contributed by atoms with Crippen molar-refractivity contribution in [2.45, 2.75) is 39.8 Å². The highest BCUT2D eigenvalue weighted by Gasteiger charge is 2.42. The van der Waals surface area contributed by atoms with Crippen molar-refractivity contribution < 1.29 is 9.47 Å². The maximum atomic E-state index is 5.92. The predicted octanol–water partition coefficient (Wildman–Crippen LogP) is 6.01. The molecule has 7 heteroatoms. The second kappa shape index (κ2) is 8.68. The van der Waals surface area contributed by atoms with Gasteiger partial charge in [-0.05, 0) is 99.1 Å². The fourth-order valence-corrected chi connectivity index (χ4v) is 5.89. The highest BCUT2D eigenvalue weighted by atomic mass is 32.1. The number of hydrogen-bond acceptors (Lipinski definition) is 4. The number of fused-ring (bicyclic) bond motifs is 1. The molecule has 2 atom stereocenters. The van der Waals surface area contributed by atoms with Crippen molar-refractivity contribution in [1.29, 1.82) is 0 Å². The van der Waals surface area contributed by atoms with Gasteiger partial charge in [0.05, 0.1) is 17.8 Å². The Kier molecular flexibility index (Phi) is 5.45. The third kappa shape index (κ3) is 3.71. The number of pyridine rings is 1. The van der Waals surface area contributed by atoms with Crippen LogP contribution in [0.25, 0.3) is 5.69 Å². The van der Waals surface area contributed by atoms with E-state index in [1.165, 1.54) is 33.8 Å². The summed E-state index contributed by atoms with van der Waals surface area (Å²) >= 11 is 5.92. The lowest BCUT2D eigenvalue weighted by atomic mass is 9.96. The van der Waals surface area contributed by atoms with Crippen LogP contribution in [0.5, 0.6) is 11.5 Å². The van der Waals surface area contributed by atoms with E-state index in [0.29, 0.717) is 5.11 Å². The Morgan fingerprint density at radius 1 is 0.889 bits per heavy atom. The van der Waals surface area contributed by atoms with Gasteiger partial charge < -0.3 is 24.3 Å². The summed E-state index contributed by atoms with van der Waals surface area (Å²) in [5, 5.41) is 4.22. The number of nitrogens with one attached hydrogen (secondary N) is 1. The lowest BCUT2D eigenvalue weighted by Gasteiger charge is -2.28. The first-order chi connectivity index (χ1) is 17.4. The minimum absolute atomic E-state index is 0.0985. The van der Waals surface area contributed by atoms with E-state index < -0.39 is 0 Å². The van der Waals surface area contributed by atoms with Gasteiger partial charge in [0.25, 0.3) is 0 Å². The van der Waals surface area contributed by atoms with Crippen LogP contribution in [0.15, 0.2) is 66.9 Å². The Morgan fingerprint density at radius 2 is 1.67 bits per heavy atom. The zero-order valence-electron chi connectivity index (χ0n) is 20.8. The van der Waals surface area contributed by atoms with Crippen molar-refractivity contribution in [2.75, 3.05) is 11.7 Å². The zero-order valence-corrected chi connectivity index (χ0v) is 21.6. The molecule has 36 heavy (non-hydrogen) atoms. The number of aryl methyl sites for hydroxylation is 3. The van der Waals surface area contributed by atoms with Crippen LogP contribution >= 0.6 is 12.2 Å². The smallest absolute Gasteiger partial charge is 0.231 e. The van der Waals surface area contributed by atoms with Crippen molar-refractivity contribution in [2.24, 2.45) is 0 Å². The van der Waals surface area contributed by atoms with Gasteiger partial charge in [-0.1, -0.05) is 12.1 Å². The first-order valence-corrected chi connectivity index (χ1v) is 12.5. The highest BCUT2D eigenvalue weighted by Crippen LogP contribution is 2.46. The minimum Gasteiger partial charge on any atom is -0.454 e. The second-order valence-electron chi connectivity index (χ2n) is 9.54. The average molecular weight is 497 g/mol. The van der Waals surface area contributed by atoms with E-state index in [4.69, 9.17) is 26.7 Å². The molecule has 6 nitrogen and oxygen atoms in total. The molecular formula is C29H28N4O2S. The van der Waals surface area contributed by atoms with Crippen molar-refractivity contribution in [3.63, 3.8) is 0 Å². The quantitative estimate of drug-likeness (QED) is 0.349. The van der Waals surface area contributed by atoms with Gasteiger partial charge in [-0.3, -0.25) is 4.98 Å². The molecule has 2 aliphatic rings. The van der Waals surface area contributed by atoms with Gasteiger partial charge in [0, 0.05) is 35.0 Å². The van der Waals surface area contributed by atoms with Gasteiger partial charge in [-0.2, -0.15) is 0 Å². The molecule has 182 valence electrons. The average Bonchev–Trinajstić information content (AvgIpc) is 3.53. The highest BCUT2D eigenvalue weighted by molar-refractivity contribution is 7.80. The number of ether oxygens (including phenoxy) is 2. The SMILES string of the molecule is Cc1cc(C)cc(-n2c(C)cc([C@@H]3[C@H](c4ccccn4)NC(=S)N3c3ccc4c(c3)OCO4)c2C)c1. The lowest BCUT2D eigenvalue weighted by molar-refractivity contribution is 0.174. The molecule has 2 aliphatic heterocycles. The molecule has 0 unspecified atom stereocenters. The maximum Gasteiger partial charge on any atom is 0.231 e. The first-order valence-electron chi connectivity index (χ1n) is 12.1. The first kappa shape index (κ1) is 22.6. The fourth-order valence-electron chi connectivity index (χ4n) is 5.55. The number of benzene rings is 2. The molecule has 2 aromatic carbocycles. The zero-order chi connectivity index (χ0) is 25.0. The maximum absolute atomic E-state index is 5.92. The second-order valence-corrected chi connectivity index (χ2v) is 9.93. The van der Waals surface area contributed by atoms with Gasteiger partial charge in [0.2, 0.25) is 6.79 Å². The van der Waals surface area contributed by atoms with Gasteiger partial charge in [0.15, 0.2) is 16.6 Å². The van der Waals surface area contributed by atoms with Crippen LogP contribution in [-0.2, 0) is 0 Å². The van der Waals surface area contributed by atoms with Crippen LogP contribution in [0.2, 0.25) is 0 Å². The summed E-state index contributed by atoms with van der Waals surface area (Å²) in [5.41, 5.74) is 9.13. The van der Waals surface area contributed by atoms with Crippen molar-refractivity contribution in [3.8, 4) is 17.2 Å². The molecule has 1 fully saturated rings. The minimum atomic E-state index is -0.114. The molecular weight excluding hydrogens is 468 g/mol. The van der Waals surface area contributed by atoms with E-state index in [0.717, 1.165) is 22.9 Å². The molecule has 2 aromatic heterocycles. The van der Waals surface area contributed by atoms with Gasteiger partial charge in [-0.15, -0.1) is 0 Å². The van der Waals surface area contributed by atoms with Crippen LogP contribution in [0.4, 0.5) is 5.69 Å². The summed E-state index contributed by atoms with van der Waals surface area (Å²) in [7, 11) is 0. The summed E-state index contributed by atoms with van der Waals surface area (Å²) < 4.78 is 13.6. The topological polar surface area (TPSA) is 51.6 Å². The summed E-state index contributed by atoms with van der Waals surface area (Å²) in [5.74, 6) is 1.48. The molecule has 6 rings (SSSR count). The number of anilines is 1. The van der Waals surface area contributed by atoms with Crippen LogP contribution < -0.4 is 19.7 Å². The molecule has 1 saturated heterocycles. The molecule has 4 heterocycles. The number of aromatic nitrogens is 2. The van der Waals surface area contributed by atoms with Crippen molar-refractivity contribution in [3.05, 3.63) is 101 Å². The summed E-state index contributed by atoms with van der Waals surface area (Å²) in [6.07, 6.45) is 1.83. The van der Waals surface area contributed by atoms with E-state index in [1.807, 2.05) is 36.5 Å². The van der Waals surface area contributed by atoms with E-state index >= 15 is 0 Å². The molecule has 4 aromatic rings. The number of hydrogen-bond donors (Lipinski definition) is 1. The molecule has 0 amide bonds. The number of nitrogens with zero attached hydrogens (tertiary/aromatic N) is 3. The van der Waals surface area contributed by atoms with Crippen LogP contribution in [0.3, 0.4) is 0 Å². The van der Waals surface area contributed by atoms with Gasteiger partial charge in [0.1, 0.15) is 0 Å². The predicted molar refractivity (Wildman–Crippen MR) is 145 cm³/mol. The molecule has 0 bridgehead atoms. The standard InChI is InChI=1S/C29H28N4O2S/c1-17-11-18(2)13-22(12-17)32-19(3)14-23(20(32)4)28-27(24-7-5-6-10-30-24)31-29(36)33(28)21-8-9-25-26(15-21)35-16-34-25/h5-15,27-28H,16H2,1-4H3,(H,31,36)/t27-,28+/m0/s1. The Hall–Kier alpha value is -3.84. The third-order valence-electron chi connectivity index (χ3n) is 6.99. The van der Waals surface area contributed by atoms with Gasteiger partial charge in [-0.25, -0.2) is 0 Å². The van der Waals surface area contributed by atoms with Crippen LogP contribution in [0.1, 0.15) is 45.9 Å². The molecule has 0 radical (unpaired) electrons. The normalized spacial score (nSPS) is 18.6. The summed E-state index contributed by atoms with van der Waals surface area (Å²) in [4.78, 5) is 6.88. The summed E-state index contributed by atoms with van der Waals surface area (Å²) in [6, 6.07) is 20.8. The number of thiocarbonyl (C=S) groups is 1. The van der Waals surface area contributed by atoms with Gasteiger partial charge >= 0.3 is 0 Å². The van der Waals surface area contributed by atoms with E-state index in [-0.39, 0.29) is 18.9 Å². The lowest BCUT2D eigenvalue weighted by Crippen LogP contribution is -2.29. The monoisotopic (exact) mass is 496 g/mol.